The van der Waals surface area contributed by atoms with Crippen LogP contribution in [0.5, 0.6) is 17.2 Å². The molecule has 2 N–H and O–H groups in total. The molecule has 0 saturated heterocycles. The lowest BCUT2D eigenvalue weighted by Crippen LogP contribution is -2.27. The highest BCUT2D eigenvalue weighted by Gasteiger charge is 2.25. The molecule has 4 rings (SSSR count). The van der Waals surface area contributed by atoms with E-state index in [1.165, 1.54) is 21.3 Å². The summed E-state index contributed by atoms with van der Waals surface area (Å²) in [4.78, 5) is 24.9. The molecule has 34 heavy (non-hydrogen) atoms. The minimum Gasteiger partial charge on any atom is -0.493 e. The van der Waals surface area contributed by atoms with Crippen LogP contribution in [0.2, 0.25) is 0 Å². The van der Waals surface area contributed by atoms with Crippen molar-refractivity contribution in [2.75, 3.05) is 32.4 Å². The van der Waals surface area contributed by atoms with Crippen LogP contribution in [0.15, 0.2) is 46.0 Å². The van der Waals surface area contributed by atoms with Gasteiger partial charge in [-0.1, -0.05) is 23.9 Å². The first kappa shape index (κ1) is 23.4. The molecular weight excluding hydrogens is 460 g/mol. The van der Waals surface area contributed by atoms with Crippen molar-refractivity contribution in [2.24, 2.45) is 0 Å². The standard InChI is InChI=1S/C23H24N4O6S/c1-30-17-10-13(11-18(31-2)20(17)32-3)22-26-27-23(33-22)34-12-19(28)25-16-7-5-4-6-15(16)21(29)24-14-8-9-14/h4-7,10-11,14H,8-9,12H2,1-3H3,(H,24,29)(H,25,28). The van der Waals surface area contributed by atoms with Crippen LogP contribution in [0, 0.1) is 0 Å². The fourth-order valence-electron chi connectivity index (χ4n) is 3.18. The van der Waals surface area contributed by atoms with Gasteiger partial charge in [-0.15, -0.1) is 10.2 Å². The summed E-state index contributed by atoms with van der Waals surface area (Å²) in [6, 6.07) is 10.5. The van der Waals surface area contributed by atoms with Crippen molar-refractivity contribution < 1.29 is 28.2 Å². The van der Waals surface area contributed by atoms with Gasteiger partial charge in [0.1, 0.15) is 0 Å². The van der Waals surface area contributed by atoms with Crippen LogP contribution >= 0.6 is 11.8 Å². The first-order valence-electron chi connectivity index (χ1n) is 10.5. The SMILES string of the molecule is COc1cc(-c2nnc(SCC(=O)Nc3ccccc3C(=O)NC3CC3)o2)cc(OC)c1OC. The van der Waals surface area contributed by atoms with E-state index in [0.29, 0.717) is 34.1 Å². The van der Waals surface area contributed by atoms with Crippen LogP contribution in [-0.4, -0.2) is 55.1 Å². The first-order chi connectivity index (χ1) is 16.5. The molecule has 0 bridgehead atoms. The maximum Gasteiger partial charge on any atom is 0.277 e. The number of carbonyl (C=O) groups is 2. The van der Waals surface area contributed by atoms with Crippen molar-refractivity contribution in [3.63, 3.8) is 0 Å². The lowest BCUT2D eigenvalue weighted by molar-refractivity contribution is -0.113. The smallest absolute Gasteiger partial charge is 0.277 e. The number of thioether (sulfide) groups is 1. The molecule has 1 fully saturated rings. The highest BCUT2D eigenvalue weighted by Crippen LogP contribution is 2.41. The summed E-state index contributed by atoms with van der Waals surface area (Å²) in [6.45, 7) is 0. The molecule has 1 heterocycles. The predicted molar refractivity (Wildman–Crippen MR) is 126 cm³/mol. The quantitative estimate of drug-likeness (QED) is 0.417. The third-order valence-corrected chi connectivity index (χ3v) is 5.82. The third kappa shape index (κ3) is 5.42. The van der Waals surface area contributed by atoms with Gasteiger partial charge in [0.15, 0.2) is 11.5 Å². The molecule has 0 radical (unpaired) electrons. The van der Waals surface area contributed by atoms with Crippen molar-refractivity contribution in [3.05, 3.63) is 42.0 Å². The van der Waals surface area contributed by atoms with Gasteiger partial charge in [-0.25, -0.2) is 0 Å². The summed E-state index contributed by atoms with van der Waals surface area (Å²) in [5.41, 5.74) is 1.46. The van der Waals surface area contributed by atoms with E-state index in [2.05, 4.69) is 20.8 Å². The van der Waals surface area contributed by atoms with E-state index in [4.69, 9.17) is 18.6 Å². The number of para-hydroxylation sites is 1. The van der Waals surface area contributed by atoms with Gasteiger partial charge in [-0.2, -0.15) is 0 Å². The molecule has 1 aliphatic carbocycles. The van der Waals surface area contributed by atoms with Gasteiger partial charge >= 0.3 is 0 Å². The number of benzene rings is 2. The molecular formula is C23H24N4O6S. The summed E-state index contributed by atoms with van der Waals surface area (Å²) in [7, 11) is 4.55. The van der Waals surface area contributed by atoms with Gasteiger partial charge in [-0.3, -0.25) is 9.59 Å². The fraction of sp³-hybridized carbons (Fsp3) is 0.304. The number of rotatable bonds is 10. The van der Waals surface area contributed by atoms with Gasteiger partial charge in [0.2, 0.25) is 17.5 Å². The Balaban J connectivity index is 1.40. The Morgan fingerprint density at radius 3 is 2.41 bits per heavy atom. The number of hydrogen-bond acceptors (Lipinski definition) is 9. The van der Waals surface area contributed by atoms with Crippen LogP contribution in [0.4, 0.5) is 5.69 Å². The van der Waals surface area contributed by atoms with E-state index in [-0.39, 0.29) is 34.7 Å². The summed E-state index contributed by atoms with van der Waals surface area (Å²) in [5.74, 6) is 1.12. The summed E-state index contributed by atoms with van der Waals surface area (Å²) in [6.07, 6.45) is 1.97. The number of ether oxygens (including phenoxy) is 3. The predicted octanol–water partition coefficient (Wildman–Crippen LogP) is 3.39. The minimum atomic E-state index is -0.302. The van der Waals surface area contributed by atoms with Crippen LogP contribution in [0.3, 0.4) is 0 Å². The molecule has 178 valence electrons. The van der Waals surface area contributed by atoms with E-state index < -0.39 is 0 Å². The maximum atomic E-state index is 12.5. The second-order valence-electron chi connectivity index (χ2n) is 7.42. The summed E-state index contributed by atoms with van der Waals surface area (Å²) in [5, 5.41) is 14.0. The number of methoxy groups -OCH3 is 3. The van der Waals surface area contributed by atoms with E-state index in [1.807, 2.05) is 0 Å². The Kier molecular flexibility index (Phi) is 7.21. The Labute approximate surface area is 200 Å². The summed E-state index contributed by atoms with van der Waals surface area (Å²) >= 11 is 1.09. The van der Waals surface area contributed by atoms with Gasteiger partial charge in [0.25, 0.3) is 11.1 Å². The normalized spacial score (nSPS) is 12.7. The lowest BCUT2D eigenvalue weighted by atomic mass is 10.1. The zero-order valence-corrected chi connectivity index (χ0v) is 19.7. The Bertz CT molecular complexity index is 1170. The highest BCUT2D eigenvalue weighted by molar-refractivity contribution is 7.99. The zero-order valence-electron chi connectivity index (χ0n) is 18.9. The molecule has 2 amide bonds. The monoisotopic (exact) mass is 484 g/mol. The molecule has 10 nitrogen and oxygen atoms in total. The van der Waals surface area contributed by atoms with Crippen molar-refractivity contribution >= 4 is 29.3 Å². The van der Waals surface area contributed by atoms with Crippen molar-refractivity contribution in [3.8, 4) is 28.7 Å². The highest BCUT2D eigenvalue weighted by atomic mass is 32.2. The van der Waals surface area contributed by atoms with Crippen LogP contribution in [0.1, 0.15) is 23.2 Å². The van der Waals surface area contributed by atoms with Gasteiger partial charge < -0.3 is 29.3 Å². The van der Waals surface area contributed by atoms with Crippen molar-refractivity contribution in [1.82, 2.24) is 15.5 Å². The number of nitrogens with one attached hydrogen (secondary N) is 2. The second-order valence-corrected chi connectivity index (χ2v) is 8.34. The number of nitrogens with zero attached hydrogens (tertiary/aromatic N) is 2. The molecule has 1 aromatic heterocycles. The lowest BCUT2D eigenvalue weighted by Gasteiger charge is -2.12. The van der Waals surface area contributed by atoms with Crippen LogP contribution < -0.4 is 24.8 Å². The number of aromatic nitrogens is 2. The maximum absolute atomic E-state index is 12.5. The van der Waals surface area contributed by atoms with E-state index in [9.17, 15) is 9.59 Å². The third-order valence-electron chi connectivity index (χ3n) is 5.00. The molecule has 0 aliphatic heterocycles. The largest absolute Gasteiger partial charge is 0.493 e. The van der Waals surface area contributed by atoms with Crippen molar-refractivity contribution in [2.45, 2.75) is 24.1 Å². The molecule has 2 aromatic carbocycles. The van der Waals surface area contributed by atoms with Gasteiger partial charge in [-0.05, 0) is 37.1 Å². The second kappa shape index (κ2) is 10.5. The van der Waals surface area contributed by atoms with Gasteiger partial charge in [0, 0.05) is 11.6 Å². The number of amides is 2. The van der Waals surface area contributed by atoms with Crippen LogP contribution in [0.25, 0.3) is 11.5 Å². The van der Waals surface area contributed by atoms with E-state index >= 15 is 0 Å². The Hall–Kier alpha value is -3.73. The molecule has 3 aromatic rings. The first-order valence-corrected chi connectivity index (χ1v) is 11.5. The molecule has 11 heteroatoms. The molecule has 1 aliphatic rings. The average molecular weight is 485 g/mol. The number of anilines is 1. The number of hydrogen-bond donors (Lipinski definition) is 2. The molecule has 1 saturated carbocycles. The Morgan fingerprint density at radius 1 is 1.06 bits per heavy atom. The Morgan fingerprint density at radius 2 is 1.76 bits per heavy atom. The van der Waals surface area contributed by atoms with E-state index in [1.54, 1.807) is 36.4 Å². The molecule has 0 spiro atoms. The molecule has 0 atom stereocenters. The number of carbonyl (C=O) groups excluding carboxylic acids is 2. The van der Waals surface area contributed by atoms with E-state index in [0.717, 1.165) is 24.6 Å². The minimum absolute atomic E-state index is 0.0233. The zero-order chi connectivity index (χ0) is 24.1. The van der Waals surface area contributed by atoms with Crippen molar-refractivity contribution in [1.29, 1.82) is 0 Å². The van der Waals surface area contributed by atoms with Crippen LogP contribution in [-0.2, 0) is 4.79 Å². The van der Waals surface area contributed by atoms with Gasteiger partial charge in [0.05, 0.1) is 38.3 Å². The fourth-order valence-corrected chi connectivity index (χ4v) is 3.75. The summed E-state index contributed by atoms with van der Waals surface area (Å²) < 4.78 is 21.7. The molecule has 0 unspecified atom stereocenters. The average Bonchev–Trinajstić information content (AvgIpc) is 3.54. The topological polar surface area (TPSA) is 125 Å².